The van der Waals surface area contributed by atoms with Crippen molar-refractivity contribution in [1.29, 1.82) is 0 Å². The first kappa shape index (κ1) is 13.6. The van der Waals surface area contributed by atoms with Crippen LogP contribution in [0.3, 0.4) is 0 Å². The summed E-state index contributed by atoms with van der Waals surface area (Å²) in [6.45, 7) is 0. The maximum Gasteiger partial charge on any atom is 0.116 e. The molecule has 2 aromatic carbocycles. The van der Waals surface area contributed by atoms with Crippen molar-refractivity contribution in [3.63, 3.8) is 0 Å². The highest BCUT2D eigenvalue weighted by Crippen LogP contribution is 2.36. The van der Waals surface area contributed by atoms with E-state index in [1.165, 1.54) is 0 Å². The SMILES string of the molecule is CS(=O)c1ccc(Cl)cc1-c1cc(O)ccc1Br. The quantitative estimate of drug-likeness (QED) is 0.885. The Bertz CT molecular complexity index is 628. The van der Waals surface area contributed by atoms with Gasteiger partial charge in [-0.3, -0.25) is 4.21 Å². The molecule has 18 heavy (non-hydrogen) atoms. The van der Waals surface area contributed by atoms with Gasteiger partial charge >= 0.3 is 0 Å². The molecule has 0 amide bonds. The van der Waals surface area contributed by atoms with Crippen LogP contribution in [-0.2, 0) is 10.8 Å². The van der Waals surface area contributed by atoms with Crippen molar-refractivity contribution >= 4 is 38.3 Å². The minimum absolute atomic E-state index is 0.154. The zero-order chi connectivity index (χ0) is 13.3. The first-order valence-corrected chi connectivity index (χ1v) is 7.84. The van der Waals surface area contributed by atoms with E-state index in [0.29, 0.717) is 9.92 Å². The number of rotatable bonds is 2. The number of phenolic OH excluding ortho intramolecular Hbond substituents is 1. The van der Waals surface area contributed by atoms with Crippen LogP contribution in [0.1, 0.15) is 0 Å². The zero-order valence-electron chi connectivity index (χ0n) is 9.48. The van der Waals surface area contributed by atoms with Gasteiger partial charge in [0, 0.05) is 31.8 Å². The van der Waals surface area contributed by atoms with Crippen molar-refractivity contribution in [1.82, 2.24) is 0 Å². The van der Waals surface area contributed by atoms with Crippen LogP contribution in [-0.4, -0.2) is 15.6 Å². The van der Waals surface area contributed by atoms with E-state index in [9.17, 15) is 9.32 Å². The summed E-state index contributed by atoms with van der Waals surface area (Å²) in [4.78, 5) is 0.686. The van der Waals surface area contributed by atoms with E-state index in [0.717, 1.165) is 15.6 Å². The second-order valence-corrected chi connectivity index (χ2v) is 6.40. The minimum Gasteiger partial charge on any atom is -0.508 e. The minimum atomic E-state index is -1.13. The number of hydrogen-bond acceptors (Lipinski definition) is 2. The Morgan fingerprint density at radius 3 is 2.56 bits per heavy atom. The lowest BCUT2D eigenvalue weighted by molar-refractivity contribution is 0.475. The first-order valence-electron chi connectivity index (χ1n) is 5.11. The topological polar surface area (TPSA) is 37.3 Å². The molecule has 0 heterocycles. The lowest BCUT2D eigenvalue weighted by Gasteiger charge is -2.10. The van der Waals surface area contributed by atoms with Gasteiger partial charge in [-0.25, -0.2) is 0 Å². The third-order valence-electron chi connectivity index (χ3n) is 2.49. The Hall–Kier alpha value is -0.840. The van der Waals surface area contributed by atoms with Crippen LogP contribution in [0.2, 0.25) is 5.02 Å². The first-order chi connectivity index (χ1) is 8.49. The van der Waals surface area contributed by atoms with Gasteiger partial charge in [0.1, 0.15) is 5.75 Å². The van der Waals surface area contributed by atoms with E-state index in [4.69, 9.17) is 11.6 Å². The summed E-state index contributed by atoms with van der Waals surface area (Å²) in [6, 6.07) is 10.1. The van der Waals surface area contributed by atoms with Crippen molar-refractivity contribution in [3.05, 3.63) is 45.9 Å². The molecule has 5 heteroatoms. The molecule has 0 aliphatic rings. The largest absolute Gasteiger partial charge is 0.508 e. The second kappa shape index (κ2) is 5.43. The summed E-state index contributed by atoms with van der Waals surface area (Å²) >= 11 is 9.41. The molecule has 2 rings (SSSR count). The Kier molecular flexibility index (Phi) is 4.10. The summed E-state index contributed by atoms with van der Waals surface area (Å²) < 4.78 is 12.6. The summed E-state index contributed by atoms with van der Waals surface area (Å²) in [7, 11) is -1.13. The molecule has 0 saturated carbocycles. The lowest BCUT2D eigenvalue weighted by Crippen LogP contribution is -1.93. The molecule has 1 N–H and O–H groups in total. The zero-order valence-corrected chi connectivity index (χ0v) is 12.6. The fourth-order valence-electron chi connectivity index (χ4n) is 1.68. The van der Waals surface area contributed by atoms with Gasteiger partial charge in [-0.05, 0) is 36.4 Å². The van der Waals surface area contributed by atoms with Gasteiger partial charge in [0.15, 0.2) is 0 Å². The molecule has 0 aromatic heterocycles. The van der Waals surface area contributed by atoms with Crippen molar-refractivity contribution in [2.75, 3.05) is 6.26 Å². The van der Waals surface area contributed by atoms with Crippen molar-refractivity contribution in [2.24, 2.45) is 0 Å². The Morgan fingerprint density at radius 1 is 1.17 bits per heavy atom. The maximum atomic E-state index is 11.7. The summed E-state index contributed by atoms with van der Waals surface area (Å²) in [6.07, 6.45) is 1.61. The van der Waals surface area contributed by atoms with E-state index in [2.05, 4.69) is 15.9 Å². The van der Waals surface area contributed by atoms with Crippen LogP contribution >= 0.6 is 27.5 Å². The molecular formula is C13H10BrClO2S. The molecule has 0 radical (unpaired) electrons. The molecule has 0 bridgehead atoms. The second-order valence-electron chi connectivity index (χ2n) is 3.76. The highest BCUT2D eigenvalue weighted by atomic mass is 79.9. The molecule has 0 aliphatic heterocycles. The van der Waals surface area contributed by atoms with Crippen molar-refractivity contribution in [3.8, 4) is 16.9 Å². The highest BCUT2D eigenvalue weighted by Gasteiger charge is 2.12. The Balaban J connectivity index is 2.73. The summed E-state index contributed by atoms with van der Waals surface area (Å²) in [5.41, 5.74) is 1.52. The van der Waals surface area contributed by atoms with Crippen LogP contribution in [0.5, 0.6) is 5.75 Å². The smallest absolute Gasteiger partial charge is 0.116 e. The Morgan fingerprint density at radius 2 is 1.89 bits per heavy atom. The van der Waals surface area contributed by atoms with E-state index in [1.807, 2.05) is 0 Å². The Labute approximate surface area is 121 Å². The van der Waals surface area contributed by atoms with Gasteiger partial charge < -0.3 is 5.11 Å². The molecule has 1 unspecified atom stereocenters. The molecule has 2 nitrogen and oxygen atoms in total. The van der Waals surface area contributed by atoms with Crippen molar-refractivity contribution in [2.45, 2.75) is 4.90 Å². The number of phenols is 1. The molecule has 0 spiro atoms. The van der Waals surface area contributed by atoms with Gasteiger partial charge in [-0.15, -0.1) is 0 Å². The normalized spacial score (nSPS) is 12.4. The van der Waals surface area contributed by atoms with Crippen LogP contribution < -0.4 is 0 Å². The fraction of sp³-hybridized carbons (Fsp3) is 0.0769. The standard InChI is InChI=1S/C13H10BrClO2S/c1-18(17)13-5-2-8(15)6-11(13)10-7-9(16)3-4-12(10)14/h2-7,16H,1H3. The lowest BCUT2D eigenvalue weighted by atomic mass is 10.1. The third-order valence-corrected chi connectivity index (χ3v) is 4.39. The van der Waals surface area contributed by atoms with Gasteiger partial charge in [0.05, 0.1) is 10.8 Å². The van der Waals surface area contributed by atoms with Gasteiger partial charge in [-0.1, -0.05) is 27.5 Å². The van der Waals surface area contributed by atoms with E-state index in [-0.39, 0.29) is 5.75 Å². The molecule has 0 aliphatic carbocycles. The van der Waals surface area contributed by atoms with Crippen LogP contribution in [0.25, 0.3) is 11.1 Å². The van der Waals surface area contributed by atoms with Crippen LogP contribution in [0.4, 0.5) is 0 Å². The molecule has 94 valence electrons. The average molecular weight is 346 g/mol. The molecule has 0 fully saturated rings. The van der Waals surface area contributed by atoms with Gasteiger partial charge in [0.25, 0.3) is 0 Å². The number of halogens is 2. The average Bonchev–Trinajstić information content (AvgIpc) is 2.31. The molecular weight excluding hydrogens is 336 g/mol. The van der Waals surface area contributed by atoms with Crippen LogP contribution in [0, 0.1) is 0 Å². The predicted octanol–water partition coefficient (Wildman–Crippen LogP) is 4.21. The van der Waals surface area contributed by atoms with E-state index < -0.39 is 10.8 Å². The maximum absolute atomic E-state index is 11.7. The molecule has 1 atom stereocenters. The predicted molar refractivity (Wildman–Crippen MR) is 78.6 cm³/mol. The van der Waals surface area contributed by atoms with Crippen LogP contribution in [0.15, 0.2) is 45.8 Å². The summed E-state index contributed by atoms with van der Waals surface area (Å²) in [5.74, 6) is 0.154. The number of hydrogen-bond donors (Lipinski definition) is 1. The number of aromatic hydroxyl groups is 1. The monoisotopic (exact) mass is 344 g/mol. The third kappa shape index (κ3) is 2.76. The van der Waals surface area contributed by atoms with Crippen molar-refractivity contribution < 1.29 is 9.32 Å². The van der Waals surface area contributed by atoms with Gasteiger partial charge in [0.2, 0.25) is 0 Å². The van der Waals surface area contributed by atoms with E-state index in [1.54, 1.807) is 42.7 Å². The van der Waals surface area contributed by atoms with Gasteiger partial charge in [-0.2, -0.15) is 0 Å². The molecule has 2 aromatic rings. The highest BCUT2D eigenvalue weighted by molar-refractivity contribution is 9.10. The van der Waals surface area contributed by atoms with E-state index >= 15 is 0 Å². The molecule has 0 saturated heterocycles. The number of benzene rings is 2. The summed E-state index contributed by atoms with van der Waals surface area (Å²) in [5, 5.41) is 10.1. The fourth-order valence-corrected chi connectivity index (χ4v) is 3.05.